The minimum atomic E-state index is -0.395. The van der Waals surface area contributed by atoms with E-state index in [1.54, 1.807) is 14.2 Å². The molecule has 1 atom stereocenters. The van der Waals surface area contributed by atoms with Crippen molar-refractivity contribution in [1.82, 2.24) is 0 Å². The lowest BCUT2D eigenvalue weighted by Crippen LogP contribution is -2.54. The van der Waals surface area contributed by atoms with Gasteiger partial charge < -0.3 is 19.3 Å². The van der Waals surface area contributed by atoms with E-state index in [0.717, 1.165) is 25.9 Å². The average Bonchev–Trinajstić information content (AvgIpc) is 2.58. The van der Waals surface area contributed by atoms with Gasteiger partial charge in [-0.1, -0.05) is 0 Å². The number of hydrogen-bond donors (Lipinski definition) is 1. The summed E-state index contributed by atoms with van der Waals surface area (Å²) in [7, 11) is 3.35. The van der Waals surface area contributed by atoms with Crippen molar-refractivity contribution in [2.45, 2.75) is 31.2 Å². The zero-order chi connectivity index (χ0) is 10.2. The van der Waals surface area contributed by atoms with Crippen molar-refractivity contribution in [2.75, 3.05) is 27.4 Å². The third-order valence-electron chi connectivity index (χ3n) is 3.52. The van der Waals surface area contributed by atoms with E-state index in [9.17, 15) is 0 Å². The van der Waals surface area contributed by atoms with Crippen LogP contribution in [0.2, 0.25) is 0 Å². The molecule has 1 N–H and O–H groups in total. The van der Waals surface area contributed by atoms with Gasteiger partial charge in [0, 0.05) is 32.5 Å². The van der Waals surface area contributed by atoms with Gasteiger partial charge in [-0.25, -0.2) is 0 Å². The molecule has 2 rings (SSSR count). The second-order valence-electron chi connectivity index (χ2n) is 4.49. The molecule has 1 aliphatic heterocycles. The molecule has 1 unspecified atom stereocenters. The smallest absolute Gasteiger partial charge is 0.168 e. The Morgan fingerprint density at radius 3 is 2.43 bits per heavy atom. The number of hydrogen-bond acceptors (Lipinski definition) is 4. The van der Waals surface area contributed by atoms with Gasteiger partial charge in [0.25, 0.3) is 0 Å². The SMILES string of the molecule is COC1(OC)CC2(COC(CO)C2)C1. The van der Waals surface area contributed by atoms with Crippen LogP contribution in [0.4, 0.5) is 0 Å². The fraction of sp³-hybridized carbons (Fsp3) is 1.00. The molecule has 0 aromatic carbocycles. The first kappa shape index (κ1) is 10.4. The molecule has 1 aliphatic carbocycles. The van der Waals surface area contributed by atoms with Crippen LogP contribution in [-0.2, 0) is 14.2 Å². The molecule has 1 spiro atoms. The maximum Gasteiger partial charge on any atom is 0.168 e. The molecule has 1 saturated heterocycles. The number of ether oxygens (including phenoxy) is 3. The lowest BCUT2D eigenvalue weighted by atomic mass is 9.63. The molecule has 14 heavy (non-hydrogen) atoms. The molecule has 82 valence electrons. The molecule has 0 aromatic rings. The van der Waals surface area contributed by atoms with E-state index < -0.39 is 5.79 Å². The van der Waals surface area contributed by atoms with Crippen LogP contribution in [0.1, 0.15) is 19.3 Å². The monoisotopic (exact) mass is 202 g/mol. The second kappa shape index (κ2) is 3.45. The zero-order valence-electron chi connectivity index (χ0n) is 8.78. The maximum atomic E-state index is 8.97. The van der Waals surface area contributed by atoms with Crippen molar-refractivity contribution >= 4 is 0 Å². The normalized spacial score (nSPS) is 33.2. The minimum Gasteiger partial charge on any atom is -0.394 e. The second-order valence-corrected chi connectivity index (χ2v) is 4.49. The predicted octanol–water partition coefficient (Wildman–Crippen LogP) is 0.537. The van der Waals surface area contributed by atoms with Gasteiger partial charge in [-0.2, -0.15) is 0 Å². The third-order valence-corrected chi connectivity index (χ3v) is 3.52. The first-order valence-electron chi connectivity index (χ1n) is 5.00. The van der Waals surface area contributed by atoms with Crippen LogP contribution in [0.15, 0.2) is 0 Å². The molecular formula is C10H18O4. The molecule has 1 saturated carbocycles. The number of rotatable bonds is 3. The van der Waals surface area contributed by atoms with Crippen molar-refractivity contribution in [3.05, 3.63) is 0 Å². The summed E-state index contributed by atoms with van der Waals surface area (Å²) in [5.74, 6) is -0.395. The summed E-state index contributed by atoms with van der Waals surface area (Å²) in [6, 6.07) is 0. The molecule has 4 nitrogen and oxygen atoms in total. The van der Waals surface area contributed by atoms with Crippen LogP contribution < -0.4 is 0 Å². The van der Waals surface area contributed by atoms with Crippen LogP contribution in [-0.4, -0.2) is 44.4 Å². The summed E-state index contributed by atoms with van der Waals surface area (Å²) < 4.78 is 16.2. The standard InChI is InChI=1S/C10H18O4/c1-12-10(13-2)5-9(6-10)3-8(4-11)14-7-9/h8,11H,3-7H2,1-2H3. The van der Waals surface area contributed by atoms with Gasteiger partial charge in [-0.3, -0.25) is 0 Å². The lowest BCUT2D eigenvalue weighted by molar-refractivity contribution is -0.295. The average molecular weight is 202 g/mol. The molecule has 0 amide bonds. The van der Waals surface area contributed by atoms with Gasteiger partial charge in [0.2, 0.25) is 0 Å². The van der Waals surface area contributed by atoms with Crippen molar-refractivity contribution in [1.29, 1.82) is 0 Å². The summed E-state index contributed by atoms with van der Waals surface area (Å²) in [4.78, 5) is 0. The Labute approximate surface area is 84.1 Å². The molecule has 1 heterocycles. The van der Waals surface area contributed by atoms with E-state index in [1.807, 2.05) is 0 Å². The Morgan fingerprint density at radius 1 is 1.36 bits per heavy atom. The van der Waals surface area contributed by atoms with E-state index in [-0.39, 0.29) is 18.1 Å². The highest BCUT2D eigenvalue weighted by Crippen LogP contribution is 2.56. The van der Waals surface area contributed by atoms with E-state index in [2.05, 4.69) is 0 Å². The zero-order valence-corrected chi connectivity index (χ0v) is 8.78. The summed E-state index contributed by atoms with van der Waals surface area (Å²) in [5, 5.41) is 8.97. The Balaban J connectivity index is 1.92. The maximum absolute atomic E-state index is 8.97. The summed E-state index contributed by atoms with van der Waals surface area (Å²) in [5.41, 5.74) is 0.194. The van der Waals surface area contributed by atoms with Gasteiger partial charge in [0.15, 0.2) is 5.79 Å². The van der Waals surface area contributed by atoms with Gasteiger partial charge in [0.05, 0.1) is 19.3 Å². The number of aliphatic hydroxyl groups is 1. The predicted molar refractivity (Wildman–Crippen MR) is 49.9 cm³/mol. The van der Waals surface area contributed by atoms with E-state index >= 15 is 0 Å². The highest BCUT2D eigenvalue weighted by molar-refractivity contribution is 5.03. The molecule has 2 fully saturated rings. The van der Waals surface area contributed by atoms with Crippen molar-refractivity contribution in [2.24, 2.45) is 5.41 Å². The summed E-state index contributed by atoms with van der Waals surface area (Å²) in [6.07, 6.45) is 2.70. The molecule has 4 heteroatoms. The van der Waals surface area contributed by atoms with E-state index in [0.29, 0.717) is 0 Å². The third kappa shape index (κ3) is 1.46. The van der Waals surface area contributed by atoms with Crippen LogP contribution in [0.3, 0.4) is 0 Å². The van der Waals surface area contributed by atoms with Crippen molar-refractivity contribution in [3.63, 3.8) is 0 Å². The van der Waals surface area contributed by atoms with Gasteiger partial charge in [-0.15, -0.1) is 0 Å². The highest BCUT2D eigenvalue weighted by Gasteiger charge is 2.58. The Hall–Kier alpha value is -0.160. The van der Waals surface area contributed by atoms with Crippen molar-refractivity contribution in [3.8, 4) is 0 Å². The largest absolute Gasteiger partial charge is 0.394 e. The fourth-order valence-electron chi connectivity index (χ4n) is 2.72. The first-order valence-corrected chi connectivity index (χ1v) is 5.00. The van der Waals surface area contributed by atoms with Gasteiger partial charge in [-0.05, 0) is 6.42 Å². The van der Waals surface area contributed by atoms with Crippen LogP contribution >= 0.6 is 0 Å². The topological polar surface area (TPSA) is 47.9 Å². The lowest BCUT2D eigenvalue weighted by Gasteiger charge is -2.51. The van der Waals surface area contributed by atoms with Crippen LogP contribution in [0, 0.1) is 5.41 Å². The van der Waals surface area contributed by atoms with Crippen molar-refractivity contribution < 1.29 is 19.3 Å². The minimum absolute atomic E-state index is 0.0155. The molecular weight excluding hydrogens is 184 g/mol. The Bertz CT molecular complexity index is 204. The summed E-state index contributed by atoms with van der Waals surface area (Å²) in [6.45, 7) is 0.849. The van der Waals surface area contributed by atoms with Crippen LogP contribution in [0.25, 0.3) is 0 Å². The summed E-state index contributed by atoms with van der Waals surface area (Å²) >= 11 is 0. The number of aliphatic hydroxyl groups excluding tert-OH is 1. The quantitative estimate of drug-likeness (QED) is 0.678. The molecule has 0 radical (unpaired) electrons. The molecule has 0 bridgehead atoms. The van der Waals surface area contributed by atoms with E-state index in [4.69, 9.17) is 19.3 Å². The fourth-order valence-corrected chi connectivity index (χ4v) is 2.72. The highest BCUT2D eigenvalue weighted by atomic mass is 16.7. The van der Waals surface area contributed by atoms with Crippen LogP contribution in [0.5, 0.6) is 0 Å². The number of methoxy groups -OCH3 is 2. The first-order chi connectivity index (χ1) is 6.67. The van der Waals surface area contributed by atoms with Gasteiger partial charge in [0.1, 0.15) is 0 Å². The Kier molecular flexibility index (Phi) is 2.55. The van der Waals surface area contributed by atoms with Gasteiger partial charge >= 0.3 is 0 Å². The van der Waals surface area contributed by atoms with E-state index in [1.165, 1.54) is 0 Å². The molecule has 2 aliphatic rings. The Morgan fingerprint density at radius 2 is 2.00 bits per heavy atom. The molecule has 0 aromatic heterocycles.